The number of hydrogen-bond acceptors (Lipinski definition) is 4. The zero-order chi connectivity index (χ0) is 15.2. The summed E-state index contributed by atoms with van der Waals surface area (Å²) in [5, 5.41) is 4.18. The SMILES string of the molecule is Cn1cc(N2CCC3(CCN(Cc4ccco4)C3)C2=O)cn1. The van der Waals surface area contributed by atoms with Gasteiger partial charge in [-0.2, -0.15) is 5.10 Å². The topological polar surface area (TPSA) is 54.5 Å². The fraction of sp³-hybridized carbons (Fsp3) is 0.500. The molecule has 2 fully saturated rings. The van der Waals surface area contributed by atoms with E-state index in [1.165, 1.54) is 0 Å². The summed E-state index contributed by atoms with van der Waals surface area (Å²) in [6, 6.07) is 3.90. The summed E-state index contributed by atoms with van der Waals surface area (Å²) in [6.45, 7) is 3.35. The zero-order valence-electron chi connectivity index (χ0n) is 12.7. The number of amides is 1. The van der Waals surface area contributed by atoms with Crippen molar-refractivity contribution >= 4 is 11.6 Å². The van der Waals surface area contributed by atoms with E-state index in [0.717, 1.165) is 50.5 Å². The van der Waals surface area contributed by atoms with E-state index in [1.807, 2.05) is 30.3 Å². The number of carbonyl (C=O) groups excluding carboxylic acids is 1. The maximum atomic E-state index is 12.9. The second kappa shape index (κ2) is 4.98. The molecule has 0 radical (unpaired) electrons. The van der Waals surface area contributed by atoms with Crippen molar-refractivity contribution in [1.82, 2.24) is 14.7 Å². The van der Waals surface area contributed by atoms with Gasteiger partial charge in [-0.15, -0.1) is 0 Å². The van der Waals surface area contributed by atoms with Crippen LogP contribution in [0.15, 0.2) is 35.2 Å². The van der Waals surface area contributed by atoms with E-state index >= 15 is 0 Å². The minimum absolute atomic E-state index is 0.220. The highest BCUT2D eigenvalue weighted by Gasteiger charge is 2.51. The van der Waals surface area contributed by atoms with Crippen LogP contribution in [0.1, 0.15) is 18.6 Å². The van der Waals surface area contributed by atoms with Gasteiger partial charge in [0.25, 0.3) is 0 Å². The lowest BCUT2D eigenvalue weighted by Gasteiger charge is -2.22. The Bertz CT molecular complexity index is 678. The summed E-state index contributed by atoms with van der Waals surface area (Å²) < 4.78 is 7.16. The molecule has 6 heteroatoms. The molecule has 2 aromatic heterocycles. The minimum atomic E-state index is -0.220. The molecule has 4 heterocycles. The molecule has 2 aliphatic rings. The predicted octanol–water partition coefficient (Wildman–Crippen LogP) is 1.64. The molecule has 1 spiro atoms. The smallest absolute Gasteiger partial charge is 0.234 e. The molecular formula is C16H20N4O2. The van der Waals surface area contributed by atoms with Gasteiger partial charge in [0.2, 0.25) is 5.91 Å². The van der Waals surface area contributed by atoms with Crippen molar-refractivity contribution in [1.29, 1.82) is 0 Å². The number of nitrogens with zero attached hydrogens (tertiary/aromatic N) is 4. The van der Waals surface area contributed by atoms with Crippen LogP contribution in [0.3, 0.4) is 0 Å². The number of aromatic nitrogens is 2. The van der Waals surface area contributed by atoms with Gasteiger partial charge in [0.1, 0.15) is 5.76 Å². The lowest BCUT2D eigenvalue weighted by molar-refractivity contribution is -0.125. The first kappa shape index (κ1) is 13.6. The normalized spacial score (nSPS) is 25.7. The molecule has 1 atom stereocenters. The summed E-state index contributed by atoms with van der Waals surface area (Å²) in [5.74, 6) is 1.22. The second-order valence-electron chi connectivity index (χ2n) is 6.40. The van der Waals surface area contributed by atoms with Gasteiger partial charge in [0.15, 0.2) is 0 Å². The molecule has 6 nitrogen and oxygen atoms in total. The van der Waals surface area contributed by atoms with Gasteiger partial charge < -0.3 is 9.32 Å². The first-order valence-electron chi connectivity index (χ1n) is 7.72. The fourth-order valence-electron chi connectivity index (χ4n) is 3.71. The maximum absolute atomic E-state index is 12.9. The Kier molecular flexibility index (Phi) is 3.07. The van der Waals surface area contributed by atoms with Crippen LogP contribution in [0, 0.1) is 5.41 Å². The van der Waals surface area contributed by atoms with Crippen LogP contribution in [-0.2, 0) is 18.4 Å². The van der Waals surface area contributed by atoms with Crippen LogP contribution in [0.2, 0.25) is 0 Å². The lowest BCUT2D eigenvalue weighted by Crippen LogP contribution is -2.36. The molecule has 0 saturated carbocycles. The number of furan rings is 1. The monoisotopic (exact) mass is 300 g/mol. The Hall–Kier alpha value is -2.08. The third-order valence-electron chi connectivity index (χ3n) is 4.91. The van der Waals surface area contributed by atoms with E-state index in [2.05, 4.69) is 10.00 Å². The van der Waals surface area contributed by atoms with E-state index in [9.17, 15) is 4.79 Å². The predicted molar refractivity (Wildman–Crippen MR) is 81.2 cm³/mol. The van der Waals surface area contributed by atoms with Crippen molar-refractivity contribution in [3.8, 4) is 0 Å². The number of anilines is 1. The Labute approximate surface area is 129 Å². The summed E-state index contributed by atoms with van der Waals surface area (Å²) in [7, 11) is 1.88. The van der Waals surface area contributed by atoms with Crippen LogP contribution in [0.5, 0.6) is 0 Å². The van der Waals surface area contributed by atoms with E-state index in [-0.39, 0.29) is 11.3 Å². The molecule has 0 aromatic carbocycles. The Balaban J connectivity index is 1.48. The standard InChI is InChI=1S/C16H20N4O2/c1-18-10-13(9-17-18)20-7-5-16(15(20)21)4-6-19(12-16)11-14-3-2-8-22-14/h2-3,8-10H,4-7,11-12H2,1H3. The molecule has 4 rings (SSSR count). The molecule has 0 N–H and O–H groups in total. The first-order chi connectivity index (χ1) is 10.7. The third kappa shape index (κ3) is 2.14. The molecule has 116 valence electrons. The van der Waals surface area contributed by atoms with Gasteiger partial charge in [-0.1, -0.05) is 0 Å². The number of rotatable bonds is 3. The average molecular weight is 300 g/mol. The van der Waals surface area contributed by atoms with Crippen LogP contribution in [0.25, 0.3) is 0 Å². The van der Waals surface area contributed by atoms with Crippen LogP contribution in [-0.4, -0.2) is 40.2 Å². The van der Waals surface area contributed by atoms with Crippen molar-refractivity contribution in [2.24, 2.45) is 12.5 Å². The van der Waals surface area contributed by atoms with Crippen LogP contribution in [0.4, 0.5) is 5.69 Å². The van der Waals surface area contributed by atoms with E-state index < -0.39 is 0 Å². The summed E-state index contributed by atoms with van der Waals surface area (Å²) in [4.78, 5) is 17.1. The van der Waals surface area contributed by atoms with Gasteiger partial charge >= 0.3 is 0 Å². The zero-order valence-corrected chi connectivity index (χ0v) is 12.7. The van der Waals surface area contributed by atoms with Crippen molar-refractivity contribution in [3.63, 3.8) is 0 Å². The Morgan fingerprint density at radius 3 is 2.95 bits per heavy atom. The molecule has 2 aliphatic heterocycles. The maximum Gasteiger partial charge on any atom is 0.234 e. The van der Waals surface area contributed by atoms with Crippen LogP contribution >= 0.6 is 0 Å². The molecule has 2 aromatic rings. The van der Waals surface area contributed by atoms with Gasteiger partial charge in [0.05, 0.1) is 30.1 Å². The average Bonchev–Trinajstić information content (AvgIpc) is 3.25. The highest BCUT2D eigenvalue weighted by atomic mass is 16.3. The van der Waals surface area contributed by atoms with Gasteiger partial charge in [-0.3, -0.25) is 14.4 Å². The van der Waals surface area contributed by atoms with Gasteiger partial charge in [0, 0.05) is 26.3 Å². The summed E-state index contributed by atoms with van der Waals surface area (Å²) in [5.41, 5.74) is 0.691. The van der Waals surface area contributed by atoms with Crippen molar-refractivity contribution in [3.05, 3.63) is 36.5 Å². The molecule has 0 aliphatic carbocycles. The van der Waals surface area contributed by atoms with Crippen molar-refractivity contribution in [2.45, 2.75) is 19.4 Å². The first-order valence-corrected chi connectivity index (χ1v) is 7.72. The minimum Gasteiger partial charge on any atom is -0.468 e. The third-order valence-corrected chi connectivity index (χ3v) is 4.91. The summed E-state index contributed by atoms with van der Waals surface area (Å²) >= 11 is 0. The van der Waals surface area contributed by atoms with Gasteiger partial charge in [-0.25, -0.2) is 0 Å². The highest BCUT2D eigenvalue weighted by molar-refractivity contribution is 6.00. The number of likely N-dealkylation sites (tertiary alicyclic amines) is 1. The quantitative estimate of drug-likeness (QED) is 0.865. The molecule has 22 heavy (non-hydrogen) atoms. The molecule has 0 bridgehead atoms. The summed E-state index contributed by atoms with van der Waals surface area (Å²) in [6.07, 6.45) is 7.24. The molecular weight excluding hydrogens is 280 g/mol. The second-order valence-corrected chi connectivity index (χ2v) is 6.40. The fourth-order valence-corrected chi connectivity index (χ4v) is 3.71. The number of carbonyl (C=O) groups is 1. The Morgan fingerprint density at radius 1 is 1.36 bits per heavy atom. The van der Waals surface area contributed by atoms with Crippen LogP contribution < -0.4 is 4.90 Å². The molecule has 1 amide bonds. The highest BCUT2D eigenvalue weighted by Crippen LogP contribution is 2.42. The van der Waals surface area contributed by atoms with Gasteiger partial charge in [-0.05, 0) is 31.5 Å². The van der Waals surface area contributed by atoms with E-state index in [0.29, 0.717) is 0 Å². The number of aryl methyl sites for hydroxylation is 1. The largest absolute Gasteiger partial charge is 0.468 e. The molecule has 1 unspecified atom stereocenters. The van der Waals surface area contributed by atoms with E-state index in [4.69, 9.17) is 4.42 Å². The molecule has 2 saturated heterocycles. The van der Waals surface area contributed by atoms with Crippen molar-refractivity contribution in [2.75, 3.05) is 24.5 Å². The number of hydrogen-bond donors (Lipinski definition) is 0. The van der Waals surface area contributed by atoms with Crippen molar-refractivity contribution < 1.29 is 9.21 Å². The Morgan fingerprint density at radius 2 is 2.23 bits per heavy atom. The lowest BCUT2D eigenvalue weighted by atomic mass is 9.85. The van der Waals surface area contributed by atoms with E-state index in [1.54, 1.807) is 17.1 Å².